The predicted octanol–water partition coefficient (Wildman–Crippen LogP) is 3.64. The monoisotopic (exact) mass is 382 g/mol. The Morgan fingerprint density at radius 3 is 2.25 bits per heavy atom. The molecule has 5 nitrogen and oxygen atoms in total. The maximum absolute atomic E-state index is 5.54. The van der Waals surface area contributed by atoms with E-state index in [4.69, 9.17) is 14.2 Å². The SMILES string of the molecule is COc1cc(OC)cc(C2C(NCc3ccccc3OC)C3CCN2CC3)c1. The molecule has 0 saturated carbocycles. The zero-order valence-electron chi connectivity index (χ0n) is 17.0. The zero-order valence-corrected chi connectivity index (χ0v) is 17.0. The van der Waals surface area contributed by atoms with Crippen LogP contribution in [0.3, 0.4) is 0 Å². The van der Waals surface area contributed by atoms with Crippen LogP contribution >= 0.6 is 0 Å². The summed E-state index contributed by atoms with van der Waals surface area (Å²) in [6.45, 7) is 3.11. The lowest BCUT2D eigenvalue weighted by Crippen LogP contribution is -2.57. The van der Waals surface area contributed by atoms with Crippen LogP contribution in [0.1, 0.15) is 30.0 Å². The lowest BCUT2D eigenvalue weighted by molar-refractivity contribution is 0.0110. The van der Waals surface area contributed by atoms with Gasteiger partial charge in [-0.2, -0.15) is 0 Å². The van der Waals surface area contributed by atoms with Gasteiger partial charge >= 0.3 is 0 Å². The van der Waals surface area contributed by atoms with E-state index in [2.05, 4.69) is 34.5 Å². The van der Waals surface area contributed by atoms with Gasteiger partial charge in [-0.05, 0) is 55.6 Å². The molecule has 0 amide bonds. The van der Waals surface area contributed by atoms with E-state index >= 15 is 0 Å². The number of rotatable bonds is 7. The zero-order chi connectivity index (χ0) is 19.5. The predicted molar refractivity (Wildman–Crippen MR) is 110 cm³/mol. The summed E-state index contributed by atoms with van der Waals surface area (Å²) >= 11 is 0. The molecule has 2 aromatic carbocycles. The second-order valence-corrected chi connectivity index (χ2v) is 7.68. The minimum atomic E-state index is 0.325. The maximum Gasteiger partial charge on any atom is 0.123 e. The molecule has 0 radical (unpaired) electrons. The van der Waals surface area contributed by atoms with E-state index in [-0.39, 0.29) is 0 Å². The second kappa shape index (κ2) is 8.41. The van der Waals surface area contributed by atoms with Gasteiger partial charge in [-0.3, -0.25) is 4.90 Å². The maximum atomic E-state index is 5.54. The van der Waals surface area contributed by atoms with Crippen LogP contribution in [0.25, 0.3) is 0 Å². The molecule has 3 aliphatic heterocycles. The smallest absolute Gasteiger partial charge is 0.123 e. The number of benzene rings is 2. The van der Waals surface area contributed by atoms with E-state index in [9.17, 15) is 0 Å². The van der Waals surface area contributed by atoms with Gasteiger partial charge in [0.15, 0.2) is 0 Å². The fourth-order valence-corrected chi connectivity index (χ4v) is 4.82. The average Bonchev–Trinajstić information content (AvgIpc) is 2.77. The summed E-state index contributed by atoms with van der Waals surface area (Å²) in [5, 5.41) is 3.86. The third kappa shape index (κ3) is 3.69. The minimum absolute atomic E-state index is 0.325. The molecule has 150 valence electrons. The Hall–Kier alpha value is -2.24. The fraction of sp³-hybridized carbons (Fsp3) is 0.478. The van der Waals surface area contributed by atoms with E-state index < -0.39 is 0 Å². The lowest BCUT2D eigenvalue weighted by Gasteiger charge is -2.51. The molecule has 2 aromatic rings. The molecule has 0 aliphatic carbocycles. The van der Waals surface area contributed by atoms with E-state index in [0.29, 0.717) is 18.0 Å². The lowest BCUT2D eigenvalue weighted by atomic mass is 9.76. The van der Waals surface area contributed by atoms with Gasteiger partial charge in [0.05, 0.1) is 27.4 Å². The average molecular weight is 383 g/mol. The number of nitrogens with zero attached hydrogens (tertiary/aromatic N) is 1. The van der Waals surface area contributed by atoms with Crippen molar-refractivity contribution in [1.29, 1.82) is 0 Å². The van der Waals surface area contributed by atoms with Crippen LogP contribution in [0.5, 0.6) is 17.2 Å². The van der Waals surface area contributed by atoms with E-state index in [1.165, 1.54) is 24.0 Å². The number of para-hydroxylation sites is 1. The molecular weight excluding hydrogens is 352 g/mol. The van der Waals surface area contributed by atoms with Crippen molar-refractivity contribution in [1.82, 2.24) is 10.2 Å². The second-order valence-electron chi connectivity index (χ2n) is 7.68. The summed E-state index contributed by atoms with van der Waals surface area (Å²) in [7, 11) is 5.16. The Morgan fingerprint density at radius 2 is 1.61 bits per heavy atom. The molecule has 2 unspecified atom stereocenters. The van der Waals surface area contributed by atoms with E-state index in [1.807, 2.05) is 18.2 Å². The Balaban J connectivity index is 1.61. The van der Waals surface area contributed by atoms with Crippen LogP contribution < -0.4 is 19.5 Å². The Labute approximate surface area is 167 Å². The molecule has 28 heavy (non-hydrogen) atoms. The normalized spacial score (nSPS) is 26.1. The first-order valence-electron chi connectivity index (χ1n) is 10.1. The standard InChI is InChI=1S/C23H30N2O3/c1-26-19-12-18(13-20(14-19)27-2)23-22(16-8-10-25(23)11-9-16)24-15-17-6-4-5-7-21(17)28-3/h4-7,12-14,16,22-24H,8-11,15H2,1-3H3. The van der Waals surface area contributed by atoms with Crippen LogP contribution in [0, 0.1) is 5.92 Å². The molecular formula is C23H30N2O3. The molecule has 2 atom stereocenters. The van der Waals surface area contributed by atoms with Gasteiger partial charge in [0, 0.05) is 24.2 Å². The highest BCUT2D eigenvalue weighted by atomic mass is 16.5. The summed E-state index contributed by atoms with van der Waals surface area (Å²) in [4.78, 5) is 2.61. The van der Waals surface area contributed by atoms with Gasteiger partial charge in [-0.25, -0.2) is 0 Å². The topological polar surface area (TPSA) is 43.0 Å². The van der Waals surface area contributed by atoms with Crippen LogP contribution in [0.15, 0.2) is 42.5 Å². The van der Waals surface area contributed by atoms with Gasteiger partial charge in [0.1, 0.15) is 17.2 Å². The van der Waals surface area contributed by atoms with Crippen LogP contribution in [0.2, 0.25) is 0 Å². The molecule has 0 aromatic heterocycles. The van der Waals surface area contributed by atoms with Gasteiger partial charge < -0.3 is 19.5 Å². The number of piperidine rings is 3. The van der Waals surface area contributed by atoms with Crippen molar-refractivity contribution in [3.8, 4) is 17.2 Å². The highest BCUT2D eigenvalue weighted by molar-refractivity contribution is 5.41. The van der Waals surface area contributed by atoms with Gasteiger partial charge in [-0.1, -0.05) is 18.2 Å². The van der Waals surface area contributed by atoms with Crippen molar-refractivity contribution in [3.63, 3.8) is 0 Å². The minimum Gasteiger partial charge on any atom is -0.497 e. The van der Waals surface area contributed by atoms with Gasteiger partial charge in [-0.15, -0.1) is 0 Å². The summed E-state index contributed by atoms with van der Waals surface area (Å²) in [5.41, 5.74) is 2.46. The highest BCUT2D eigenvalue weighted by Gasteiger charge is 2.42. The molecule has 3 heterocycles. The Morgan fingerprint density at radius 1 is 0.929 bits per heavy atom. The number of hydrogen-bond acceptors (Lipinski definition) is 5. The van der Waals surface area contributed by atoms with E-state index in [1.54, 1.807) is 21.3 Å². The van der Waals surface area contributed by atoms with Crippen molar-refractivity contribution in [3.05, 3.63) is 53.6 Å². The van der Waals surface area contributed by atoms with Gasteiger partial charge in [0.2, 0.25) is 0 Å². The fourth-order valence-electron chi connectivity index (χ4n) is 4.82. The molecule has 3 fully saturated rings. The molecule has 2 bridgehead atoms. The third-order valence-corrected chi connectivity index (χ3v) is 6.25. The van der Waals surface area contributed by atoms with Crippen molar-refractivity contribution in [2.24, 2.45) is 5.92 Å². The van der Waals surface area contributed by atoms with Crippen LogP contribution in [-0.2, 0) is 6.54 Å². The van der Waals surface area contributed by atoms with Crippen LogP contribution in [0.4, 0.5) is 0 Å². The summed E-state index contributed by atoms with van der Waals surface area (Å²) in [6.07, 6.45) is 2.50. The summed E-state index contributed by atoms with van der Waals surface area (Å²) in [6, 6.07) is 15.2. The quantitative estimate of drug-likeness (QED) is 0.792. The Kier molecular flexibility index (Phi) is 5.74. The summed E-state index contributed by atoms with van der Waals surface area (Å²) in [5.74, 6) is 3.32. The molecule has 0 spiro atoms. The largest absolute Gasteiger partial charge is 0.497 e. The van der Waals surface area contributed by atoms with Gasteiger partial charge in [0.25, 0.3) is 0 Å². The number of hydrogen-bond donors (Lipinski definition) is 1. The first-order chi connectivity index (χ1) is 13.7. The highest BCUT2D eigenvalue weighted by Crippen LogP contribution is 2.42. The molecule has 3 aliphatic rings. The van der Waals surface area contributed by atoms with Crippen molar-refractivity contribution in [2.45, 2.75) is 31.5 Å². The summed E-state index contributed by atoms with van der Waals surface area (Å²) < 4.78 is 16.6. The van der Waals surface area contributed by atoms with Crippen LogP contribution in [-0.4, -0.2) is 45.4 Å². The number of fused-ring (bicyclic) bond motifs is 3. The molecule has 3 saturated heterocycles. The molecule has 5 rings (SSSR count). The number of ether oxygens (including phenoxy) is 3. The number of methoxy groups -OCH3 is 3. The van der Waals surface area contributed by atoms with Crippen molar-refractivity contribution >= 4 is 0 Å². The molecule has 5 heteroatoms. The Bertz CT molecular complexity index is 780. The number of nitrogens with one attached hydrogen (secondary N) is 1. The van der Waals surface area contributed by atoms with Crippen molar-refractivity contribution in [2.75, 3.05) is 34.4 Å². The van der Waals surface area contributed by atoms with E-state index in [0.717, 1.165) is 36.9 Å². The third-order valence-electron chi connectivity index (χ3n) is 6.25. The first kappa shape index (κ1) is 19.1. The molecule has 1 N–H and O–H groups in total. The van der Waals surface area contributed by atoms with Crippen molar-refractivity contribution < 1.29 is 14.2 Å². The first-order valence-corrected chi connectivity index (χ1v) is 10.1.